The van der Waals surface area contributed by atoms with Gasteiger partial charge in [-0.05, 0) is 91.4 Å². The van der Waals surface area contributed by atoms with Crippen molar-refractivity contribution in [1.29, 1.82) is 0 Å². The second-order valence-corrected chi connectivity index (χ2v) is 8.36. The highest BCUT2D eigenvalue weighted by molar-refractivity contribution is 5.40. The van der Waals surface area contributed by atoms with Gasteiger partial charge in [0, 0.05) is 0 Å². The summed E-state index contributed by atoms with van der Waals surface area (Å²) >= 11 is 0. The Morgan fingerprint density at radius 2 is 2.04 bits per heavy atom. The molecule has 0 unspecified atom stereocenters. The number of rotatable bonds is 2. The molecule has 2 saturated carbocycles. The van der Waals surface area contributed by atoms with Gasteiger partial charge in [-0.1, -0.05) is 19.9 Å². The largest absolute Gasteiger partial charge is 0.497 e. The van der Waals surface area contributed by atoms with Gasteiger partial charge in [-0.3, -0.25) is 0 Å². The van der Waals surface area contributed by atoms with Crippen molar-refractivity contribution in [2.24, 2.45) is 17.3 Å². The number of fused-ring (bicyclic) bond motifs is 5. The van der Waals surface area contributed by atoms with Crippen molar-refractivity contribution < 1.29 is 9.84 Å². The van der Waals surface area contributed by atoms with Crippen LogP contribution < -0.4 is 4.74 Å². The molecule has 0 bridgehead atoms. The lowest BCUT2D eigenvalue weighted by atomic mass is 9.53. The van der Waals surface area contributed by atoms with E-state index in [1.807, 2.05) is 0 Å². The summed E-state index contributed by atoms with van der Waals surface area (Å²) in [4.78, 5) is 0. The maximum Gasteiger partial charge on any atom is 0.119 e. The van der Waals surface area contributed by atoms with Gasteiger partial charge in [0.05, 0.1) is 12.7 Å². The topological polar surface area (TPSA) is 29.5 Å². The Morgan fingerprint density at radius 3 is 2.78 bits per heavy atom. The number of aliphatic hydroxyl groups is 1. The highest BCUT2D eigenvalue weighted by Crippen LogP contribution is 2.64. The van der Waals surface area contributed by atoms with E-state index in [-0.39, 0.29) is 5.41 Å². The summed E-state index contributed by atoms with van der Waals surface area (Å²) in [5.41, 5.74) is 2.77. The van der Waals surface area contributed by atoms with Gasteiger partial charge in [-0.2, -0.15) is 0 Å². The van der Waals surface area contributed by atoms with Crippen LogP contribution in [0, 0.1) is 17.3 Å². The molecule has 2 heteroatoms. The van der Waals surface area contributed by atoms with Crippen molar-refractivity contribution in [2.75, 3.05) is 7.11 Å². The van der Waals surface area contributed by atoms with Crippen LogP contribution in [-0.4, -0.2) is 17.8 Å². The third-order valence-corrected chi connectivity index (χ3v) is 7.84. The maximum absolute atomic E-state index is 11.2. The van der Waals surface area contributed by atoms with E-state index in [1.54, 1.807) is 12.7 Å². The zero-order valence-electron chi connectivity index (χ0n) is 14.8. The SMILES string of the molecule is CC[C@@]1(O)CC[C@H]2[C@H]3CCc4cc(OC)ccc4[C@@H]3CC[C@@]21C. The normalized spacial score (nSPS) is 41.8. The number of benzene rings is 1. The molecule has 1 N–H and O–H groups in total. The van der Waals surface area contributed by atoms with Crippen molar-refractivity contribution in [3.05, 3.63) is 29.3 Å². The number of methoxy groups -OCH3 is 1. The fourth-order valence-corrected chi connectivity index (χ4v) is 6.38. The van der Waals surface area contributed by atoms with Crippen LogP contribution in [0.1, 0.15) is 69.4 Å². The van der Waals surface area contributed by atoms with E-state index in [4.69, 9.17) is 4.74 Å². The van der Waals surface area contributed by atoms with Gasteiger partial charge in [0.25, 0.3) is 0 Å². The Balaban J connectivity index is 1.68. The Kier molecular flexibility index (Phi) is 3.53. The first-order chi connectivity index (χ1) is 11.0. The summed E-state index contributed by atoms with van der Waals surface area (Å²) < 4.78 is 5.41. The molecule has 5 atom stereocenters. The fraction of sp³-hybridized carbons (Fsp3) is 0.714. The van der Waals surface area contributed by atoms with Crippen molar-refractivity contribution >= 4 is 0 Å². The minimum absolute atomic E-state index is 0.132. The van der Waals surface area contributed by atoms with Gasteiger partial charge in [-0.25, -0.2) is 0 Å². The molecule has 0 saturated heterocycles. The van der Waals surface area contributed by atoms with Gasteiger partial charge >= 0.3 is 0 Å². The molecular weight excluding hydrogens is 284 g/mol. The summed E-state index contributed by atoms with van der Waals surface area (Å²) in [6, 6.07) is 6.69. The molecule has 3 aliphatic rings. The Bertz CT molecular complexity index is 610. The molecule has 0 aliphatic heterocycles. The average molecular weight is 314 g/mol. The first kappa shape index (κ1) is 15.5. The van der Waals surface area contributed by atoms with Crippen LogP contribution in [0.25, 0.3) is 0 Å². The van der Waals surface area contributed by atoms with Gasteiger partial charge in [0.15, 0.2) is 0 Å². The average Bonchev–Trinajstić information content (AvgIpc) is 2.86. The summed E-state index contributed by atoms with van der Waals surface area (Å²) in [5, 5.41) is 11.2. The van der Waals surface area contributed by atoms with Crippen LogP contribution in [0.4, 0.5) is 0 Å². The third kappa shape index (κ3) is 2.03. The Labute approximate surface area is 140 Å². The lowest BCUT2D eigenvalue weighted by molar-refractivity contribution is -0.104. The zero-order valence-corrected chi connectivity index (χ0v) is 14.8. The molecule has 0 spiro atoms. The van der Waals surface area contributed by atoms with Gasteiger partial charge in [0.1, 0.15) is 5.75 Å². The summed E-state index contributed by atoms with van der Waals surface area (Å²) in [6.45, 7) is 4.55. The van der Waals surface area contributed by atoms with Crippen molar-refractivity contribution in [3.8, 4) is 5.75 Å². The molecule has 0 heterocycles. The summed E-state index contributed by atoms with van der Waals surface area (Å²) in [7, 11) is 1.75. The molecule has 0 aromatic heterocycles. The van der Waals surface area contributed by atoms with Crippen LogP contribution in [0.3, 0.4) is 0 Å². The highest BCUT2D eigenvalue weighted by atomic mass is 16.5. The highest BCUT2D eigenvalue weighted by Gasteiger charge is 2.60. The van der Waals surface area contributed by atoms with Gasteiger partial charge < -0.3 is 9.84 Å². The monoisotopic (exact) mass is 314 g/mol. The van der Waals surface area contributed by atoms with Crippen molar-refractivity contribution in [1.82, 2.24) is 0 Å². The van der Waals surface area contributed by atoms with E-state index >= 15 is 0 Å². The molecule has 0 amide bonds. The van der Waals surface area contributed by atoms with E-state index in [2.05, 4.69) is 32.0 Å². The quantitative estimate of drug-likeness (QED) is 0.858. The molecule has 4 rings (SSSR count). The predicted octanol–water partition coefficient (Wildman–Crippen LogP) is 4.69. The smallest absolute Gasteiger partial charge is 0.119 e. The first-order valence-corrected chi connectivity index (χ1v) is 9.41. The minimum atomic E-state index is -0.428. The number of hydrogen-bond acceptors (Lipinski definition) is 2. The lowest BCUT2D eigenvalue weighted by Crippen LogP contribution is -2.50. The van der Waals surface area contributed by atoms with Crippen LogP contribution in [0.5, 0.6) is 5.75 Å². The van der Waals surface area contributed by atoms with Crippen molar-refractivity contribution in [2.45, 2.75) is 70.3 Å². The second-order valence-electron chi connectivity index (χ2n) is 8.36. The van der Waals surface area contributed by atoms with Crippen LogP contribution in [-0.2, 0) is 6.42 Å². The zero-order chi connectivity index (χ0) is 16.2. The predicted molar refractivity (Wildman–Crippen MR) is 92.9 cm³/mol. The van der Waals surface area contributed by atoms with E-state index < -0.39 is 5.60 Å². The Morgan fingerprint density at radius 1 is 1.22 bits per heavy atom. The number of ether oxygens (including phenoxy) is 1. The first-order valence-electron chi connectivity index (χ1n) is 9.41. The molecule has 3 aliphatic carbocycles. The standard InChI is InChI=1S/C21H30O2/c1-4-21(22)12-10-19-18-7-5-14-13-15(23-3)6-8-16(14)17(18)9-11-20(19,21)2/h6,8,13,17-19,22H,4-5,7,9-12H2,1-3H3/t17-,18-,19-,20-,21+/m0/s1. The lowest BCUT2D eigenvalue weighted by Gasteiger charge is -2.53. The molecule has 126 valence electrons. The van der Waals surface area contributed by atoms with E-state index in [1.165, 1.54) is 37.7 Å². The Hall–Kier alpha value is -1.02. The van der Waals surface area contributed by atoms with Crippen LogP contribution >= 0.6 is 0 Å². The number of hydrogen-bond donors (Lipinski definition) is 1. The molecule has 2 nitrogen and oxygen atoms in total. The van der Waals surface area contributed by atoms with E-state index in [0.717, 1.165) is 24.5 Å². The van der Waals surface area contributed by atoms with Crippen molar-refractivity contribution in [3.63, 3.8) is 0 Å². The van der Waals surface area contributed by atoms with Gasteiger partial charge in [-0.15, -0.1) is 0 Å². The molecule has 2 fully saturated rings. The molecule has 1 aromatic rings. The molecular formula is C21H30O2. The minimum Gasteiger partial charge on any atom is -0.497 e. The van der Waals surface area contributed by atoms with E-state index in [9.17, 15) is 5.11 Å². The van der Waals surface area contributed by atoms with Gasteiger partial charge in [0.2, 0.25) is 0 Å². The second kappa shape index (κ2) is 5.24. The summed E-state index contributed by atoms with van der Waals surface area (Å²) in [6.07, 6.45) is 7.99. The van der Waals surface area contributed by atoms with Crippen LogP contribution in [0.15, 0.2) is 18.2 Å². The molecule has 23 heavy (non-hydrogen) atoms. The van der Waals surface area contributed by atoms with Crippen LogP contribution in [0.2, 0.25) is 0 Å². The third-order valence-electron chi connectivity index (χ3n) is 7.84. The molecule has 1 aromatic carbocycles. The maximum atomic E-state index is 11.2. The fourth-order valence-electron chi connectivity index (χ4n) is 6.38. The van der Waals surface area contributed by atoms with E-state index in [0.29, 0.717) is 11.8 Å². The molecule has 0 radical (unpaired) electrons. The summed E-state index contributed by atoms with van der Waals surface area (Å²) in [5.74, 6) is 3.14. The number of aryl methyl sites for hydroxylation is 1.